The lowest BCUT2D eigenvalue weighted by molar-refractivity contribution is 1.28. The van der Waals surface area contributed by atoms with Crippen molar-refractivity contribution in [3.05, 3.63) is 182 Å². The smallest absolute Gasteiger partial charge is 0.124 e. The Bertz CT molecular complexity index is 2970. The maximum absolute atomic E-state index is 5.17. The van der Waals surface area contributed by atoms with Gasteiger partial charge in [0.25, 0.3) is 0 Å². The molecule has 0 fully saturated rings. The SMILES string of the molecule is c1ccc(-c2nc3c(s2)-c2cccc4c(-c5cccc(N(c6ccccc6)c6ccc(-c7cccc8c7sc7ccccc78)cc6)c5)ccc-3c24)cc1. The maximum Gasteiger partial charge on any atom is 0.124 e. The highest BCUT2D eigenvalue weighted by molar-refractivity contribution is 7.26. The molecule has 11 rings (SSSR count). The van der Waals surface area contributed by atoms with Crippen LogP contribution in [-0.4, -0.2) is 4.98 Å². The minimum Gasteiger partial charge on any atom is -0.310 e. The monoisotopic (exact) mass is 710 g/mol. The lowest BCUT2D eigenvalue weighted by atomic mass is 9.94. The molecule has 0 amide bonds. The molecule has 0 aliphatic heterocycles. The molecule has 248 valence electrons. The molecule has 4 heteroatoms. The van der Waals surface area contributed by atoms with Crippen molar-refractivity contribution in [2.24, 2.45) is 0 Å². The summed E-state index contributed by atoms with van der Waals surface area (Å²) in [7, 11) is 0. The van der Waals surface area contributed by atoms with Gasteiger partial charge in [-0.05, 0) is 70.1 Å². The molecule has 0 unspecified atom stereocenters. The van der Waals surface area contributed by atoms with Crippen LogP contribution in [0.2, 0.25) is 0 Å². The van der Waals surface area contributed by atoms with Gasteiger partial charge < -0.3 is 4.90 Å². The van der Waals surface area contributed by atoms with Crippen molar-refractivity contribution < 1.29 is 0 Å². The molecule has 2 nitrogen and oxygen atoms in total. The predicted octanol–water partition coefficient (Wildman–Crippen LogP) is 14.8. The highest BCUT2D eigenvalue weighted by atomic mass is 32.1. The summed E-state index contributed by atoms with van der Waals surface area (Å²) in [5.74, 6) is 0. The molecule has 8 aromatic carbocycles. The van der Waals surface area contributed by atoms with Gasteiger partial charge in [-0.2, -0.15) is 0 Å². The second kappa shape index (κ2) is 12.1. The molecule has 0 saturated heterocycles. The van der Waals surface area contributed by atoms with Gasteiger partial charge in [0.2, 0.25) is 0 Å². The summed E-state index contributed by atoms with van der Waals surface area (Å²) in [6, 6.07) is 65.9. The van der Waals surface area contributed by atoms with Crippen LogP contribution in [0.5, 0.6) is 0 Å². The van der Waals surface area contributed by atoms with Crippen molar-refractivity contribution in [3.8, 4) is 54.5 Å². The van der Waals surface area contributed by atoms with Crippen molar-refractivity contribution >= 4 is 70.7 Å². The molecule has 2 heterocycles. The number of thiazole rings is 1. The average Bonchev–Trinajstić information content (AvgIpc) is 3.92. The summed E-state index contributed by atoms with van der Waals surface area (Å²) in [4.78, 5) is 8.79. The first-order valence-electron chi connectivity index (χ1n) is 17.9. The Hall–Kier alpha value is -6.33. The largest absolute Gasteiger partial charge is 0.310 e. The molecule has 53 heavy (non-hydrogen) atoms. The third kappa shape index (κ3) is 4.87. The third-order valence-corrected chi connectivity index (χ3v) is 12.8. The first-order chi connectivity index (χ1) is 26.3. The minimum atomic E-state index is 1.07. The van der Waals surface area contributed by atoms with Crippen LogP contribution in [0.3, 0.4) is 0 Å². The molecule has 1 aliphatic rings. The van der Waals surface area contributed by atoms with E-state index >= 15 is 0 Å². The number of hydrogen-bond donors (Lipinski definition) is 0. The highest BCUT2D eigenvalue weighted by Gasteiger charge is 2.27. The molecule has 0 N–H and O–H groups in total. The summed E-state index contributed by atoms with van der Waals surface area (Å²) in [6.45, 7) is 0. The van der Waals surface area contributed by atoms with Gasteiger partial charge in [-0.15, -0.1) is 22.7 Å². The van der Waals surface area contributed by atoms with Crippen LogP contribution in [0, 0.1) is 0 Å². The number of thiophene rings is 1. The fraction of sp³-hybridized carbons (Fsp3) is 0. The van der Waals surface area contributed by atoms with Crippen molar-refractivity contribution in [2.75, 3.05) is 4.90 Å². The molecule has 0 radical (unpaired) electrons. The average molecular weight is 711 g/mol. The molecule has 1 aliphatic carbocycles. The second-order valence-corrected chi connectivity index (χ2v) is 15.6. The van der Waals surface area contributed by atoms with Gasteiger partial charge in [0.1, 0.15) is 5.01 Å². The number of nitrogens with zero attached hydrogens (tertiary/aromatic N) is 2. The lowest BCUT2D eigenvalue weighted by Gasteiger charge is -2.26. The number of rotatable bonds is 6. The maximum atomic E-state index is 5.17. The van der Waals surface area contributed by atoms with Gasteiger partial charge in [0.05, 0.1) is 10.6 Å². The Morgan fingerprint density at radius 3 is 1.89 bits per heavy atom. The summed E-state index contributed by atoms with van der Waals surface area (Å²) < 4.78 is 2.66. The van der Waals surface area contributed by atoms with E-state index in [1.807, 2.05) is 11.3 Å². The molecule has 10 aromatic rings. The first-order valence-corrected chi connectivity index (χ1v) is 19.5. The van der Waals surface area contributed by atoms with E-state index in [2.05, 4.69) is 187 Å². The number of para-hydroxylation sites is 1. The van der Waals surface area contributed by atoms with E-state index in [-0.39, 0.29) is 0 Å². The fourth-order valence-corrected chi connectivity index (χ4v) is 10.4. The van der Waals surface area contributed by atoms with E-state index < -0.39 is 0 Å². The number of hydrogen-bond acceptors (Lipinski definition) is 4. The van der Waals surface area contributed by atoms with Crippen LogP contribution in [-0.2, 0) is 0 Å². The van der Waals surface area contributed by atoms with E-state index in [9.17, 15) is 0 Å². The topological polar surface area (TPSA) is 16.1 Å². The summed E-state index contributed by atoms with van der Waals surface area (Å²) in [5.41, 5.74) is 13.0. The van der Waals surface area contributed by atoms with E-state index in [0.29, 0.717) is 0 Å². The zero-order valence-electron chi connectivity index (χ0n) is 28.5. The second-order valence-electron chi connectivity index (χ2n) is 13.5. The van der Waals surface area contributed by atoms with E-state index in [0.717, 1.165) is 27.8 Å². The standard InChI is InChI=1S/C49H30N2S2/c1-3-12-32(13-4-1)49-50-46-42-29-28-37(40-20-11-22-43(45(40)42)48(46)53-49)33-14-9-17-36(30-33)51(34-15-5-2-6-16-34)35-26-24-31(25-27-35)38-19-10-21-41-39-18-7-8-23-44(39)52-47(38)41/h1-30H. The molecular weight excluding hydrogens is 681 g/mol. The quantitative estimate of drug-likeness (QED) is 0.171. The Balaban J connectivity index is 0.993. The normalized spacial score (nSPS) is 11.8. The minimum absolute atomic E-state index is 1.07. The first kappa shape index (κ1) is 30.3. The van der Waals surface area contributed by atoms with Crippen molar-refractivity contribution in [3.63, 3.8) is 0 Å². The Kier molecular flexibility index (Phi) is 6.94. The predicted molar refractivity (Wildman–Crippen MR) is 228 cm³/mol. The van der Waals surface area contributed by atoms with Crippen molar-refractivity contribution in [1.29, 1.82) is 0 Å². The van der Waals surface area contributed by atoms with Crippen LogP contribution in [0.1, 0.15) is 0 Å². The van der Waals surface area contributed by atoms with Gasteiger partial charge in [0.15, 0.2) is 0 Å². The fourth-order valence-electron chi connectivity index (χ4n) is 8.04. The molecule has 0 atom stereocenters. The summed E-state index contributed by atoms with van der Waals surface area (Å²) >= 11 is 3.67. The molecule has 0 bridgehead atoms. The zero-order valence-corrected chi connectivity index (χ0v) is 30.2. The number of benzene rings is 8. The molecular formula is C49H30N2S2. The third-order valence-electron chi connectivity index (χ3n) is 10.5. The Morgan fingerprint density at radius 2 is 1.04 bits per heavy atom. The van der Waals surface area contributed by atoms with Crippen LogP contribution < -0.4 is 4.90 Å². The molecule has 0 saturated carbocycles. The van der Waals surface area contributed by atoms with Crippen LogP contribution >= 0.6 is 22.7 Å². The number of anilines is 3. The van der Waals surface area contributed by atoms with Gasteiger partial charge in [-0.1, -0.05) is 140 Å². The summed E-state index contributed by atoms with van der Waals surface area (Å²) in [5, 5.41) is 6.27. The van der Waals surface area contributed by atoms with Crippen molar-refractivity contribution in [2.45, 2.75) is 0 Å². The Morgan fingerprint density at radius 1 is 0.396 bits per heavy atom. The van der Waals surface area contributed by atoms with E-state index in [1.165, 1.54) is 74.8 Å². The highest BCUT2D eigenvalue weighted by Crippen LogP contribution is 2.53. The van der Waals surface area contributed by atoms with Gasteiger partial charge in [-0.25, -0.2) is 4.98 Å². The lowest BCUT2D eigenvalue weighted by Crippen LogP contribution is -2.09. The van der Waals surface area contributed by atoms with Gasteiger partial charge in [0, 0.05) is 59.3 Å². The zero-order chi connectivity index (χ0) is 34.9. The van der Waals surface area contributed by atoms with Gasteiger partial charge in [-0.3, -0.25) is 0 Å². The van der Waals surface area contributed by atoms with E-state index in [1.54, 1.807) is 11.3 Å². The van der Waals surface area contributed by atoms with E-state index in [4.69, 9.17) is 4.98 Å². The Labute approximate surface area is 315 Å². The van der Waals surface area contributed by atoms with Crippen LogP contribution in [0.15, 0.2) is 182 Å². The van der Waals surface area contributed by atoms with Crippen LogP contribution in [0.4, 0.5) is 17.1 Å². The number of fused-ring (bicyclic) bond motifs is 6. The summed E-state index contributed by atoms with van der Waals surface area (Å²) in [6.07, 6.45) is 0. The molecule has 2 aromatic heterocycles. The van der Waals surface area contributed by atoms with Crippen molar-refractivity contribution in [1.82, 2.24) is 4.98 Å². The molecule has 0 spiro atoms. The van der Waals surface area contributed by atoms with Gasteiger partial charge >= 0.3 is 0 Å². The van der Waals surface area contributed by atoms with Crippen LogP contribution in [0.25, 0.3) is 85.5 Å². The number of aromatic nitrogens is 1.